The van der Waals surface area contributed by atoms with Gasteiger partial charge in [-0.1, -0.05) is 0 Å². The van der Waals surface area contributed by atoms with E-state index >= 15 is 0 Å². The smallest absolute Gasteiger partial charge is 0.358 e. The molecule has 0 saturated carbocycles. The number of ketones is 1. The molecule has 1 atom stereocenters. The first-order valence-corrected chi connectivity index (χ1v) is 6.83. The van der Waals surface area contributed by atoms with E-state index in [1.807, 2.05) is 5.32 Å². The minimum Gasteiger partial charge on any atom is -0.358 e. The second kappa shape index (κ2) is 8.62. The van der Waals surface area contributed by atoms with Gasteiger partial charge in [0, 0.05) is 7.05 Å². The first-order chi connectivity index (χ1) is 10.8. The third-order valence-corrected chi connectivity index (χ3v) is 2.43. The van der Waals surface area contributed by atoms with Crippen LogP contribution in [0.2, 0.25) is 0 Å². The lowest BCUT2D eigenvalue weighted by Gasteiger charge is -2.32. The molecule has 0 aromatic carbocycles. The Morgan fingerprint density at radius 2 is 1.75 bits per heavy atom. The van der Waals surface area contributed by atoms with E-state index in [1.165, 1.54) is 27.8 Å². The van der Waals surface area contributed by atoms with Crippen molar-refractivity contribution in [2.75, 3.05) is 13.6 Å². The fourth-order valence-corrected chi connectivity index (χ4v) is 1.48. The number of hydroxylamine groups is 2. The largest absolute Gasteiger partial charge is 0.391 e. The molecule has 0 fully saturated rings. The summed E-state index contributed by atoms with van der Waals surface area (Å²) >= 11 is 0. The van der Waals surface area contributed by atoms with Crippen LogP contribution in [0.4, 0.5) is 13.2 Å². The standard InChI is InChI=1S/C13H20F3N3O5/c1-12(2,3)24-19(7-20)8(5-13(14,15)16)10(22)11(23)18-6-9(21)17-4/h7-8H,5-6H2,1-4H3,(H,17,21)(H,18,23)/t8-/m0/s1. The summed E-state index contributed by atoms with van der Waals surface area (Å²) in [6, 6.07) is -2.20. The Labute approximate surface area is 136 Å². The predicted octanol–water partition coefficient (Wildman–Crippen LogP) is -0.0728. The topological polar surface area (TPSA) is 105 Å². The summed E-state index contributed by atoms with van der Waals surface area (Å²) in [6.45, 7) is 3.75. The van der Waals surface area contributed by atoms with Gasteiger partial charge in [-0.2, -0.15) is 13.2 Å². The zero-order chi connectivity index (χ0) is 19.1. The van der Waals surface area contributed by atoms with Crippen molar-refractivity contribution in [3.05, 3.63) is 0 Å². The molecule has 0 aliphatic carbocycles. The number of amides is 3. The maximum absolute atomic E-state index is 12.7. The summed E-state index contributed by atoms with van der Waals surface area (Å²) < 4.78 is 38.0. The lowest BCUT2D eigenvalue weighted by atomic mass is 10.1. The molecule has 138 valence electrons. The van der Waals surface area contributed by atoms with Gasteiger partial charge in [0.1, 0.15) is 6.04 Å². The van der Waals surface area contributed by atoms with Crippen LogP contribution in [-0.2, 0) is 24.0 Å². The highest BCUT2D eigenvalue weighted by molar-refractivity contribution is 6.38. The quantitative estimate of drug-likeness (QED) is 0.360. The lowest BCUT2D eigenvalue weighted by Crippen LogP contribution is -2.52. The fraction of sp³-hybridized carbons (Fsp3) is 0.692. The van der Waals surface area contributed by atoms with Crippen molar-refractivity contribution in [1.29, 1.82) is 0 Å². The van der Waals surface area contributed by atoms with Crippen molar-refractivity contribution >= 4 is 24.0 Å². The third kappa shape index (κ3) is 8.46. The molecule has 0 heterocycles. The van der Waals surface area contributed by atoms with Crippen LogP contribution in [0.5, 0.6) is 0 Å². The van der Waals surface area contributed by atoms with Crippen LogP contribution in [-0.4, -0.2) is 60.5 Å². The molecule has 0 aliphatic heterocycles. The second-order valence-electron chi connectivity index (χ2n) is 5.72. The number of likely N-dealkylation sites (N-methyl/N-ethyl adjacent to an activating group) is 1. The van der Waals surface area contributed by atoms with Gasteiger partial charge in [-0.15, -0.1) is 0 Å². The van der Waals surface area contributed by atoms with Gasteiger partial charge in [0.05, 0.1) is 18.6 Å². The van der Waals surface area contributed by atoms with E-state index in [-0.39, 0.29) is 11.5 Å². The highest BCUT2D eigenvalue weighted by Gasteiger charge is 2.42. The van der Waals surface area contributed by atoms with Crippen LogP contribution in [0.1, 0.15) is 27.2 Å². The van der Waals surface area contributed by atoms with E-state index in [9.17, 15) is 32.3 Å². The van der Waals surface area contributed by atoms with Crippen LogP contribution in [0.3, 0.4) is 0 Å². The molecular weight excluding hydrogens is 335 g/mol. The zero-order valence-electron chi connectivity index (χ0n) is 13.7. The number of hydrogen-bond donors (Lipinski definition) is 2. The maximum atomic E-state index is 12.7. The average Bonchev–Trinajstić information content (AvgIpc) is 2.44. The van der Waals surface area contributed by atoms with Crippen molar-refractivity contribution in [2.45, 2.75) is 45.0 Å². The Morgan fingerprint density at radius 1 is 1.21 bits per heavy atom. The van der Waals surface area contributed by atoms with E-state index in [0.717, 1.165) is 0 Å². The molecule has 11 heteroatoms. The second-order valence-corrected chi connectivity index (χ2v) is 5.72. The molecule has 24 heavy (non-hydrogen) atoms. The van der Waals surface area contributed by atoms with Gasteiger partial charge in [-0.3, -0.25) is 24.0 Å². The van der Waals surface area contributed by atoms with E-state index in [4.69, 9.17) is 4.84 Å². The number of carbonyl (C=O) groups is 4. The highest BCUT2D eigenvalue weighted by Crippen LogP contribution is 2.25. The van der Waals surface area contributed by atoms with Crippen LogP contribution in [0, 0.1) is 0 Å². The molecule has 0 aromatic heterocycles. The average molecular weight is 355 g/mol. The highest BCUT2D eigenvalue weighted by atomic mass is 19.4. The van der Waals surface area contributed by atoms with Gasteiger partial charge < -0.3 is 10.6 Å². The molecule has 0 bridgehead atoms. The number of hydrogen-bond acceptors (Lipinski definition) is 5. The number of nitrogens with one attached hydrogen (secondary N) is 2. The molecule has 0 aromatic rings. The van der Waals surface area contributed by atoms with E-state index in [1.54, 1.807) is 0 Å². The zero-order valence-corrected chi connectivity index (χ0v) is 13.7. The molecule has 0 unspecified atom stereocenters. The summed E-state index contributed by atoms with van der Waals surface area (Å²) in [4.78, 5) is 50.7. The molecule has 2 N–H and O–H groups in total. The van der Waals surface area contributed by atoms with Gasteiger partial charge in [0.25, 0.3) is 5.91 Å². The number of alkyl halides is 3. The van der Waals surface area contributed by atoms with Crippen LogP contribution >= 0.6 is 0 Å². The number of rotatable bonds is 8. The number of nitrogens with zero attached hydrogens (tertiary/aromatic N) is 1. The van der Waals surface area contributed by atoms with E-state index in [0.29, 0.717) is 0 Å². The number of halogens is 3. The summed E-state index contributed by atoms with van der Waals surface area (Å²) in [5.74, 6) is -3.63. The van der Waals surface area contributed by atoms with Crippen LogP contribution in [0.25, 0.3) is 0 Å². The Morgan fingerprint density at radius 3 is 2.12 bits per heavy atom. The fourth-order valence-electron chi connectivity index (χ4n) is 1.48. The van der Waals surface area contributed by atoms with E-state index in [2.05, 4.69) is 5.32 Å². The maximum Gasteiger partial charge on any atom is 0.391 e. The van der Waals surface area contributed by atoms with Gasteiger partial charge in [0.15, 0.2) is 0 Å². The van der Waals surface area contributed by atoms with Crippen molar-refractivity contribution in [3.63, 3.8) is 0 Å². The van der Waals surface area contributed by atoms with Gasteiger partial charge in [-0.05, 0) is 20.8 Å². The number of carbonyl (C=O) groups excluding carboxylic acids is 4. The summed E-state index contributed by atoms with van der Waals surface area (Å²) in [7, 11) is 1.27. The Hall–Kier alpha value is -2.17. The van der Waals surface area contributed by atoms with Crippen molar-refractivity contribution in [2.24, 2.45) is 0 Å². The minimum absolute atomic E-state index is 0.106. The molecule has 3 amide bonds. The van der Waals surface area contributed by atoms with Crippen molar-refractivity contribution < 1.29 is 37.2 Å². The van der Waals surface area contributed by atoms with Gasteiger partial charge >= 0.3 is 6.18 Å². The molecule has 0 spiro atoms. The number of Topliss-reactive ketones (excluding diaryl/α,β-unsaturated/α-hetero) is 1. The van der Waals surface area contributed by atoms with Crippen LogP contribution in [0.15, 0.2) is 0 Å². The molecule has 0 rings (SSSR count). The monoisotopic (exact) mass is 355 g/mol. The molecule has 0 saturated heterocycles. The summed E-state index contributed by atoms with van der Waals surface area (Å²) in [5.41, 5.74) is -1.08. The summed E-state index contributed by atoms with van der Waals surface area (Å²) in [5, 5.41) is 4.19. The Bertz CT molecular complexity index is 488. The molecule has 0 aliphatic rings. The minimum atomic E-state index is -4.83. The van der Waals surface area contributed by atoms with E-state index < -0.39 is 48.4 Å². The van der Waals surface area contributed by atoms with Crippen molar-refractivity contribution in [3.8, 4) is 0 Å². The SMILES string of the molecule is CNC(=O)CNC(=O)C(=O)[C@H](CC(F)(F)F)N(C=O)OC(C)(C)C. The molecular formula is C13H20F3N3O5. The van der Waals surface area contributed by atoms with Gasteiger partial charge in [-0.25, -0.2) is 5.06 Å². The first-order valence-electron chi connectivity index (χ1n) is 6.83. The van der Waals surface area contributed by atoms with Gasteiger partial charge in [0.2, 0.25) is 18.1 Å². The normalized spacial score (nSPS) is 13.0. The first kappa shape index (κ1) is 21.8. The lowest BCUT2D eigenvalue weighted by molar-refractivity contribution is -0.244. The molecule has 8 nitrogen and oxygen atoms in total. The molecule has 0 radical (unpaired) electrons. The Balaban J connectivity index is 5.30. The Kier molecular flexibility index (Phi) is 7.84. The summed E-state index contributed by atoms with van der Waals surface area (Å²) in [6.07, 6.45) is -6.70. The van der Waals surface area contributed by atoms with Crippen molar-refractivity contribution in [1.82, 2.24) is 15.7 Å². The third-order valence-electron chi connectivity index (χ3n) is 2.43. The predicted molar refractivity (Wildman–Crippen MR) is 75.3 cm³/mol. The van der Waals surface area contributed by atoms with Crippen LogP contribution < -0.4 is 10.6 Å².